The molecule has 1 heterocycles. The highest BCUT2D eigenvalue weighted by molar-refractivity contribution is 5.67. The highest BCUT2D eigenvalue weighted by Gasteiger charge is 2.41. The Kier molecular flexibility index (Phi) is 4.20. The lowest BCUT2D eigenvalue weighted by atomic mass is 9.89. The van der Waals surface area contributed by atoms with Crippen LogP contribution in [0.25, 0.3) is 0 Å². The number of hydrogen-bond acceptors (Lipinski definition) is 3. The van der Waals surface area contributed by atoms with Crippen LogP contribution < -0.4 is 5.32 Å². The summed E-state index contributed by atoms with van der Waals surface area (Å²) in [7, 11) is 0. The van der Waals surface area contributed by atoms with Gasteiger partial charge in [0.05, 0.1) is 6.42 Å². The molecular weight excluding hydrogens is 216 g/mol. The summed E-state index contributed by atoms with van der Waals surface area (Å²) < 4.78 is 0. The van der Waals surface area contributed by atoms with Gasteiger partial charge in [0.25, 0.3) is 0 Å². The van der Waals surface area contributed by atoms with Crippen molar-refractivity contribution in [3.8, 4) is 0 Å². The van der Waals surface area contributed by atoms with Crippen LogP contribution in [0.4, 0.5) is 0 Å². The number of carboxylic acids is 1. The van der Waals surface area contributed by atoms with Crippen LogP contribution in [0.1, 0.15) is 47.5 Å². The van der Waals surface area contributed by atoms with Gasteiger partial charge in [-0.05, 0) is 47.6 Å². The maximum atomic E-state index is 11.0. The number of carboxylic acid groups (broad SMARTS) is 1. The molecule has 0 aliphatic carbocycles. The van der Waals surface area contributed by atoms with Gasteiger partial charge < -0.3 is 10.4 Å². The largest absolute Gasteiger partial charge is 0.481 e. The zero-order chi connectivity index (χ0) is 13.3. The van der Waals surface area contributed by atoms with Gasteiger partial charge in [0.2, 0.25) is 0 Å². The van der Waals surface area contributed by atoms with Crippen molar-refractivity contribution in [3.05, 3.63) is 0 Å². The van der Waals surface area contributed by atoms with Crippen molar-refractivity contribution in [1.82, 2.24) is 10.2 Å². The van der Waals surface area contributed by atoms with Gasteiger partial charge in [-0.15, -0.1) is 0 Å². The normalized spacial score (nSPS) is 26.5. The molecule has 4 heteroatoms. The molecular formula is C13H26N2O2. The molecule has 100 valence electrons. The minimum atomic E-state index is -0.719. The van der Waals surface area contributed by atoms with E-state index >= 15 is 0 Å². The predicted molar refractivity (Wildman–Crippen MR) is 69.2 cm³/mol. The summed E-state index contributed by atoms with van der Waals surface area (Å²) >= 11 is 0. The molecule has 0 saturated carbocycles. The minimum Gasteiger partial charge on any atom is -0.481 e. The van der Waals surface area contributed by atoms with E-state index in [0.717, 1.165) is 19.5 Å². The van der Waals surface area contributed by atoms with E-state index in [4.69, 9.17) is 5.11 Å². The quantitative estimate of drug-likeness (QED) is 0.774. The second kappa shape index (κ2) is 4.94. The smallest absolute Gasteiger partial charge is 0.304 e. The Morgan fingerprint density at radius 3 is 2.53 bits per heavy atom. The molecule has 0 aromatic carbocycles. The van der Waals surface area contributed by atoms with Gasteiger partial charge in [-0.25, -0.2) is 0 Å². The molecule has 4 nitrogen and oxygen atoms in total. The number of nitrogens with one attached hydrogen (secondary N) is 1. The number of nitrogens with zero attached hydrogens (tertiary/aromatic N) is 1. The molecule has 1 aliphatic heterocycles. The van der Waals surface area contributed by atoms with Crippen LogP contribution in [0.15, 0.2) is 0 Å². The summed E-state index contributed by atoms with van der Waals surface area (Å²) in [6.07, 6.45) is 1.24. The SMILES string of the molecule is CC(C)(C)N1C(CC(=O)O)CNCCC1(C)C. The van der Waals surface area contributed by atoms with E-state index in [1.165, 1.54) is 0 Å². The summed E-state index contributed by atoms with van der Waals surface area (Å²) in [4.78, 5) is 13.4. The molecule has 1 fully saturated rings. The van der Waals surface area contributed by atoms with Crippen molar-refractivity contribution in [1.29, 1.82) is 0 Å². The van der Waals surface area contributed by atoms with Gasteiger partial charge in [-0.3, -0.25) is 9.69 Å². The van der Waals surface area contributed by atoms with Crippen LogP contribution in [0.2, 0.25) is 0 Å². The van der Waals surface area contributed by atoms with Gasteiger partial charge in [0.1, 0.15) is 0 Å². The molecule has 1 saturated heterocycles. The average molecular weight is 242 g/mol. The number of hydrogen-bond donors (Lipinski definition) is 2. The van der Waals surface area contributed by atoms with Crippen molar-refractivity contribution in [2.75, 3.05) is 13.1 Å². The summed E-state index contributed by atoms with van der Waals surface area (Å²) in [5.41, 5.74) is 0.0114. The summed E-state index contributed by atoms with van der Waals surface area (Å²) in [6.45, 7) is 12.6. The molecule has 1 aliphatic rings. The second-order valence-electron chi connectivity index (χ2n) is 6.56. The molecule has 1 unspecified atom stereocenters. The third kappa shape index (κ3) is 3.68. The van der Waals surface area contributed by atoms with Crippen LogP contribution in [0.3, 0.4) is 0 Å². The van der Waals surface area contributed by atoms with Crippen molar-refractivity contribution in [2.24, 2.45) is 0 Å². The Morgan fingerprint density at radius 1 is 1.47 bits per heavy atom. The Bertz CT molecular complexity index is 282. The van der Waals surface area contributed by atoms with Gasteiger partial charge in [-0.2, -0.15) is 0 Å². The lowest BCUT2D eigenvalue weighted by molar-refractivity contribution is -0.139. The van der Waals surface area contributed by atoms with Crippen LogP contribution in [0.5, 0.6) is 0 Å². The van der Waals surface area contributed by atoms with E-state index in [1.54, 1.807) is 0 Å². The highest BCUT2D eigenvalue weighted by atomic mass is 16.4. The van der Waals surface area contributed by atoms with Crippen molar-refractivity contribution in [2.45, 2.75) is 64.6 Å². The van der Waals surface area contributed by atoms with E-state index < -0.39 is 5.97 Å². The third-order valence-corrected chi connectivity index (χ3v) is 3.44. The second-order valence-corrected chi connectivity index (χ2v) is 6.56. The Labute approximate surface area is 104 Å². The monoisotopic (exact) mass is 242 g/mol. The first-order chi connectivity index (χ1) is 7.64. The first-order valence-corrected chi connectivity index (χ1v) is 6.36. The van der Waals surface area contributed by atoms with Gasteiger partial charge in [0, 0.05) is 23.7 Å². The molecule has 0 bridgehead atoms. The fraction of sp³-hybridized carbons (Fsp3) is 0.923. The van der Waals surface area contributed by atoms with Crippen LogP contribution in [-0.4, -0.2) is 46.2 Å². The number of carbonyl (C=O) groups is 1. The first kappa shape index (κ1) is 14.5. The number of aliphatic carboxylic acids is 1. The molecule has 0 aromatic heterocycles. The van der Waals surface area contributed by atoms with Crippen LogP contribution >= 0.6 is 0 Å². The van der Waals surface area contributed by atoms with Gasteiger partial charge in [-0.1, -0.05) is 0 Å². The maximum Gasteiger partial charge on any atom is 0.304 e. The van der Waals surface area contributed by atoms with E-state index in [2.05, 4.69) is 44.8 Å². The fourth-order valence-electron chi connectivity index (χ4n) is 3.19. The minimum absolute atomic E-state index is 0.0182. The summed E-state index contributed by atoms with van der Waals surface area (Å²) in [5.74, 6) is -0.719. The van der Waals surface area contributed by atoms with E-state index in [9.17, 15) is 4.79 Å². The van der Waals surface area contributed by atoms with E-state index in [-0.39, 0.29) is 23.5 Å². The lowest BCUT2D eigenvalue weighted by Gasteiger charge is -2.50. The maximum absolute atomic E-state index is 11.0. The van der Waals surface area contributed by atoms with Crippen molar-refractivity contribution < 1.29 is 9.90 Å². The Balaban J connectivity index is 3.01. The van der Waals surface area contributed by atoms with Crippen molar-refractivity contribution in [3.63, 3.8) is 0 Å². The molecule has 1 rings (SSSR count). The van der Waals surface area contributed by atoms with Crippen molar-refractivity contribution >= 4 is 5.97 Å². The van der Waals surface area contributed by atoms with Crippen LogP contribution in [-0.2, 0) is 4.79 Å². The molecule has 0 aromatic rings. The van der Waals surface area contributed by atoms with Gasteiger partial charge >= 0.3 is 5.97 Å². The Hall–Kier alpha value is -0.610. The molecule has 1 atom stereocenters. The molecule has 0 spiro atoms. The highest BCUT2D eigenvalue weighted by Crippen LogP contribution is 2.32. The molecule has 17 heavy (non-hydrogen) atoms. The number of rotatable bonds is 2. The fourth-order valence-corrected chi connectivity index (χ4v) is 3.19. The summed E-state index contributed by atoms with van der Waals surface area (Å²) in [5, 5.41) is 12.4. The first-order valence-electron chi connectivity index (χ1n) is 6.36. The van der Waals surface area contributed by atoms with E-state index in [0.29, 0.717) is 0 Å². The molecule has 2 N–H and O–H groups in total. The van der Waals surface area contributed by atoms with E-state index in [1.807, 2.05) is 0 Å². The average Bonchev–Trinajstić information content (AvgIpc) is 2.20. The predicted octanol–water partition coefficient (Wildman–Crippen LogP) is 1.70. The standard InChI is InChI=1S/C13H26N2O2/c1-12(2,3)15-10(8-11(16)17)9-14-7-6-13(15,4)5/h10,14H,6-9H2,1-5H3,(H,16,17). The van der Waals surface area contributed by atoms with Crippen LogP contribution in [0, 0.1) is 0 Å². The molecule has 0 amide bonds. The lowest BCUT2D eigenvalue weighted by Crippen LogP contribution is -2.59. The molecule has 0 radical (unpaired) electrons. The summed E-state index contributed by atoms with van der Waals surface area (Å²) in [6, 6.07) is 0.0602. The van der Waals surface area contributed by atoms with Gasteiger partial charge in [0.15, 0.2) is 0 Å². The topological polar surface area (TPSA) is 52.6 Å². The third-order valence-electron chi connectivity index (χ3n) is 3.44. The Morgan fingerprint density at radius 2 is 2.06 bits per heavy atom. The zero-order valence-electron chi connectivity index (χ0n) is 11.7. The zero-order valence-corrected chi connectivity index (χ0v) is 11.7.